The number of hydrogen-bond donors (Lipinski definition) is 1. The summed E-state index contributed by atoms with van der Waals surface area (Å²) >= 11 is 0. The first-order valence-electron chi connectivity index (χ1n) is 8.93. The van der Waals surface area contributed by atoms with Crippen LogP contribution in [0.4, 0.5) is 0 Å². The van der Waals surface area contributed by atoms with E-state index in [1.54, 1.807) is 5.56 Å². The highest BCUT2D eigenvalue weighted by atomic mass is 16.5. The van der Waals surface area contributed by atoms with Crippen molar-refractivity contribution in [1.29, 1.82) is 0 Å². The molecule has 2 fully saturated rings. The van der Waals surface area contributed by atoms with Gasteiger partial charge in [0.25, 0.3) is 0 Å². The summed E-state index contributed by atoms with van der Waals surface area (Å²) in [6.45, 7) is 4.75. The minimum Gasteiger partial charge on any atom is -0.389 e. The fraction of sp³-hybridized carbons (Fsp3) is 0.684. The third kappa shape index (κ3) is 3.45. The standard InChI is InChI=1S/C19H27NO3/c21-16(13-23-17-5-9-22-10-6-17)12-20-11-15-3-1-2-4-18(15)19(14-20)7-8-19/h1-4,16-17,21H,5-14H2. The van der Waals surface area contributed by atoms with Gasteiger partial charge in [0, 0.05) is 38.3 Å². The second-order valence-corrected chi connectivity index (χ2v) is 7.41. The number of hydrogen-bond acceptors (Lipinski definition) is 4. The van der Waals surface area contributed by atoms with Crippen LogP contribution in [0.25, 0.3) is 0 Å². The van der Waals surface area contributed by atoms with Gasteiger partial charge in [0.2, 0.25) is 0 Å². The molecule has 1 saturated carbocycles. The lowest BCUT2D eigenvalue weighted by atomic mass is 9.87. The van der Waals surface area contributed by atoms with Crippen molar-refractivity contribution in [2.75, 3.05) is 32.9 Å². The Morgan fingerprint density at radius 1 is 1.26 bits per heavy atom. The topological polar surface area (TPSA) is 41.9 Å². The van der Waals surface area contributed by atoms with Gasteiger partial charge in [-0.15, -0.1) is 0 Å². The number of rotatable bonds is 5. The lowest BCUT2D eigenvalue weighted by Gasteiger charge is -2.36. The summed E-state index contributed by atoms with van der Waals surface area (Å²) in [4.78, 5) is 2.41. The number of fused-ring (bicyclic) bond motifs is 2. The Bertz CT molecular complexity index is 537. The van der Waals surface area contributed by atoms with Crippen molar-refractivity contribution < 1.29 is 14.6 Å². The SMILES string of the molecule is OC(COC1CCOCC1)CN1Cc2ccccc2C2(CC2)C1. The van der Waals surface area contributed by atoms with Crippen molar-refractivity contribution in [2.45, 2.75) is 49.9 Å². The highest BCUT2D eigenvalue weighted by molar-refractivity contribution is 5.41. The third-order valence-corrected chi connectivity index (χ3v) is 5.52. The lowest BCUT2D eigenvalue weighted by Crippen LogP contribution is -2.43. The van der Waals surface area contributed by atoms with Crippen LogP contribution in [0.15, 0.2) is 24.3 Å². The summed E-state index contributed by atoms with van der Waals surface area (Å²) in [5.74, 6) is 0. The van der Waals surface area contributed by atoms with E-state index in [1.807, 2.05) is 0 Å². The van der Waals surface area contributed by atoms with Gasteiger partial charge in [-0.25, -0.2) is 0 Å². The minimum absolute atomic E-state index is 0.259. The normalized spacial score (nSPS) is 25.3. The molecule has 1 saturated heterocycles. The molecule has 0 bridgehead atoms. The largest absolute Gasteiger partial charge is 0.389 e. The summed E-state index contributed by atoms with van der Waals surface area (Å²) in [5.41, 5.74) is 3.36. The highest BCUT2D eigenvalue weighted by Crippen LogP contribution is 2.52. The Morgan fingerprint density at radius 2 is 2.04 bits per heavy atom. The van der Waals surface area contributed by atoms with Gasteiger partial charge in [0.1, 0.15) is 0 Å². The maximum Gasteiger partial charge on any atom is 0.0900 e. The van der Waals surface area contributed by atoms with E-state index in [-0.39, 0.29) is 6.10 Å². The van der Waals surface area contributed by atoms with E-state index >= 15 is 0 Å². The molecule has 0 aromatic heterocycles. The van der Waals surface area contributed by atoms with Crippen molar-refractivity contribution in [3.63, 3.8) is 0 Å². The smallest absolute Gasteiger partial charge is 0.0900 e. The predicted molar refractivity (Wildman–Crippen MR) is 88.4 cm³/mol. The van der Waals surface area contributed by atoms with E-state index in [4.69, 9.17) is 9.47 Å². The van der Waals surface area contributed by atoms with E-state index in [1.165, 1.54) is 18.4 Å². The molecular weight excluding hydrogens is 290 g/mol. The van der Waals surface area contributed by atoms with Gasteiger partial charge < -0.3 is 14.6 Å². The van der Waals surface area contributed by atoms with Crippen molar-refractivity contribution in [3.8, 4) is 0 Å². The zero-order valence-corrected chi connectivity index (χ0v) is 13.7. The summed E-state index contributed by atoms with van der Waals surface area (Å²) < 4.78 is 11.2. The quantitative estimate of drug-likeness (QED) is 0.903. The molecule has 126 valence electrons. The van der Waals surface area contributed by atoms with Crippen LogP contribution < -0.4 is 0 Å². The number of β-amino-alcohol motifs (C(OH)–C–C–N with tert-alkyl or cyclic N) is 1. The highest BCUT2D eigenvalue weighted by Gasteiger charge is 2.48. The second-order valence-electron chi connectivity index (χ2n) is 7.41. The average Bonchev–Trinajstić information content (AvgIpc) is 3.34. The van der Waals surface area contributed by atoms with Crippen LogP contribution in [-0.4, -0.2) is 55.1 Å². The van der Waals surface area contributed by atoms with Crippen LogP contribution in [-0.2, 0) is 21.4 Å². The van der Waals surface area contributed by atoms with Crippen molar-refractivity contribution >= 4 is 0 Å². The maximum atomic E-state index is 10.4. The maximum absolute atomic E-state index is 10.4. The molecule has 1 aliphatic carbocycles. The zero-order valence-electron chi connectivity index (χ0n) is 13.7. The van der Waals surface area contributed by atoms with Crippen molar-refractivity contribution in [1.82, 2.24) is 4.90 Å². The summed E-state index contributed by atoms with van der Waals surface area (Å²) in [7, 11) is 0. The molecule has 1 unspecified atom stereocenters. The molecule has 23 heavy (non-hydrogen) atoms. The molecule has 1 spiro atoms. The average molecular weight is 317 g/mol. The van der Waals surface area contributed by atoms with Crippen molar-refractivity contribution in [2.24, 2.45) is 0 Å². The van der Waals surface area contributed by atoms with Crippen LogP contribution in [0.1, 0.15) is 36.8 Å². The number of nitrogens with zero attached hydrogens (tertiary/aromatic N) is 1. The number of aliphatic hydroxyl groups excluding tert-OH is 1. The van der Waals surface area contributed by atoms with Gasteiger partial charge in [-0.05, 0) is 36.8 Å². The summed E-state index contributed by atoms with van der Waals surface area (Å²) in [5, 5.41) is 10.4. The van der Waals surface area contributed by atoms with Crippen LogP contribution in [0.2, 0.25) is 0 Å². The Kier molecular flexibility index (Phi) is 4.41. The number of benzene rings is 1. The Hall–Kier alpha value is -0.940. The van der Waals surface area contributed by atoms with Crippen LogP contribution in [0.3, 0.4) is 0 Å². The molecule has 0 radical (unpaired) electrons. The first kappa shape index (κ1) is 15.6. The Balaban J connectivity index is 1.31. The summed E-state index contributed by atoms with van der Waals surface area (Å²) in [6, 6.07) is 8.82. The van der Waals surface area contributed by atoms with E-state index in [9.17, 15) is 5.11 Å². The number of aliphatic hydroxyl groups is 1. The van der Waals surface area contributed by atoms with Gasteiger partial charge in [0.05, 0.1) is 18.8 Å². The monoisotopic (exact) mass is 317 g/mol. The molecule has 2 aliphatic heterocycles. The fourth-order valence-electron chi connectivity index (χ4n) is 4.13. The Morgan fingerprint density at radius 3 is 2.83 bits per heavy atom. The van der Waals surface area contributed by atoms with Crippen LogP contribution in [0, 0.1) is 0 Å². The second kappa shape index (κ2) is 6.52. The van der Waals surface area contributed by atoms with Gasteiger partial charge in [0.15, 0.2) is 0 Å². The van der Waals surface area contributed by atoms with E-state index in [0.717, 1.165) is 39.1 Å². The van der Waals surface area contributed by atoms with Gasteiger partial charge >= 0.3 is 0 Å². The van der Waals surface area contributed by atoms with E-state index < -0.39 is 6.10 Å². The fourth-order valence-corrected chi connectivity index (χ4v) is 4.13. The Labute approximate surface area is 138 Å². The molecule has 2 heterocycles. The van der Waals surface area contributed by atoms with Crippen molar-refractivity contribution in [3.05, 3.63) is 35.4 Å². The zero-order chi connectivity index (χ0) is 15.7. The van der Waals surface area contributed by atoms with Gasteiger partial charge in [-0.2, -0.15) is 0 Å². The summed E-state index contributed by atoms with van der Waals surface area (Å²) in [6.07, 6.45) is 4.33. The van der Waals surface area contributed by atoms with Crippen LogP contribution in [0.5, 0.6) is 0 Å². The first-order valence-corrected chi connectivity index (χ1v) is 8.93. The molecule has 1 aromatic rings. The molecule has 4 heteroatoms. The molecule has 3 aliphatic rings. The lowest BCUT2D eigenvalue weighted by molar-refractivity contribution is -0.0652. The first-order chi connectivity index (χ1) is 11.3. The molecule has 1 atom stereocenters. The van der Waals surface area contributed by atoms with E-state index in [0.29, 0.717) is 18.6 Å². The van der Waals surface area contributed by atoms with Gasteiger partial charge in [-0.1, -0.05) is 24.3 Å². The van der Waals surface area contributed by atoms with Crippen LogP contribution >= 0.6 is 0 Å². The number of ether oxygens (including phenoxy) is 2. The molecule has 1 aromatic carbocycles. The molecule has 4 nitrogen and oxygen atoms in total. The molecular formula is C19H27NO3. The predicted octanol–water partition coefficient (Wildman–Crippen LogP) is 2.09. The van der Waals surface area contributed by atoms with E-state index in [2.05, 4.69) is 29.2 Å². The molecule has 0 amide bonds. The third-order valence-electron chi connectivity index (χ3n) is 5.52. The van der Waals surface area contributed by atoms with Gasteiger partial charge in [-0.3, -0.25) is 4.90 Å². The minimum atomic E-state index is -0.404. The molecule has 4 rings (SSSR count). The molecule has 1 N–H and O–H groups in total.